The van der Waals surface area contributed by atoms with E-state index in [0.717, 1.165) is 11.4 Å². The van der Waals surface area contributed by atoms with Crippen LogP contribution in [0.25, 0.3) is 11.5 Å². The fraction of sp³-hybridized carbons (Fsp3) is 0.278. The van der Waals surface area contributed by atoms with Gasteiger partial charge in [0.2, 0.25) is 5.82 Å². The quantitative estimate of drug-likeness (QED) is 0.685. The molecule has 1 amide bonds. The monoisotopic (exact) mass is 366 g/mol. The van der Waals surface area contributed by atoms with E-state index < -0.39 is 0 Å². The predicted octanol–water partition coefficient (Wildman–Crippen LogP) is 1.50. The number of ether oxygens (including phenoxy) is 1. The molecule has 1 aliphatic rings. The average molecular weight is 366 g/mol. The highest BCUT2D eigenvalue weighted by Gasteiger charge is 2.27. The van der Waals surface area contributed by atoms with Crippen molar-refractivity contribution in [3.8, 4) is 17.3 Å². The summed E-state index contributed by atoms with van der Waals surface area (Å²) in [4.78, 5) is 28.8. The lowest BCUT2D eigenvalue weighted by molar-refractivity contribution is 0.0696. The van der Waals surface area contributed by atoms with Crippen molar-refractivity contribution in [3.63, 3.8) is 0 Å². The van der Waals surface area contributed by atoms with Gasteiger partial charge in [0.1, 0.15) is 11.4 Å². The van der Waals surface area contributed by atoms with Crippen molar-refractivity contribution < 1.29 is 14.1 Å². The summed E-state index contributed by atoms with van der Waals surface area (Å²) in [5.74, 6) is 0.753. The third-order valence-corrected chi connectivity index (χ3v) is 4.39. The van der Waals surface area contributed by atoms with E-state index in [1.54, 1.807) is 18.2 Å². The molecule has 0 saturated carbocycles. The topological polar surface area (TPSA) is 97.5 Å². The van der Waals surface area contributed by atoms with E-state index in [1.807, 2.05) is 24.3 Å². The fourth-order valence-corrected chi connectivity index (χ4v) is 2.94. The molecule has 1 fully saturated rings. The molecule has 27 heavy (non-hydrogen) atoms. The van der Waals surface area contributed by atoms with Crippen LogP contribution in [-0.2, 0) is 0 Å². The zero-order chi connectivity index (χ0) is 18.6. The Morgan fingerprint density at radius 3 is 2.78 bits per heavy atom. The first-order valence-electron chi connectivity index (χ1n) is 8.53. The predicted molar refractivity (Wildman–Crippen MR) is 96.4 cm³/mol. The normalized spacial score (nSPS) is 14.3. The van der Waals surface area contributed by atoms with Crippen LogP contribution in [0.15, 0.2) is 47.4 Å². The SMILES string of the molecule is COc1cccc(N2CCN(C(=O)c3nc(-c4cnccn4)no3)CC2)c1. The maximum atomic E-state index is 12.6. The van der Waals surface area contributed by atoms with Crippen molar-refractivity contribution in [1.82, 2.24) is 25.0 Å². The minimum atomic E-state index is -0.275. The molecular weight excluding hydrogens is 348 g/mol. The molecule has 0 bridgehead atoms. The number of aromatic nitrogens is 4. The minimum absolute atomic E-state index is 0.0366. The Morgan fingerprint density at radius 1 is 1.19 bits per heavy atom. The van der Waals surface area contributed by atoms with Crippen LogP contribution in [0, 0.1) is 0 Å². The molecule has 0 N–H and O–H groups in total. The number of nitrogens with zero attached hydrogens (tertiary/aromatic N) is 6. The molecule has 3 heterocycles. The standard InChI is InChI=1S/C18H18N6O3/c1-26-14-4-2-3-13(11-14)23-7-9-24(10-8-23)18(25)17-21-16(22-27-17)15-12-19-5-6-20-15/h2-6,11-12H,7-10H2,1H3. The number of rotatable bonds is 4. The average Bonchev–Trinajstić information content (AvgIpc) is 3.24. The maximum Gasteiger partial charge on any atom is 0.316 e. The Balaban J connectivity index is 1.41. The van der Waals surface area contributed by atoms with Crippen LogP contribution < -0.4 is 9.64 Å². The first-order valence-corrected chi connectivity index (χ1v) is 8.53. The Hall–Kier alpha value is -3.49. The highest BCUT2D eigenvalue weighted by atomic mass is 16.5. The first kappa shape index (κ1) is 17.0. The number of hydrogen-bond acceptors (Lipinski definition) is 8. The molecule has 3 aromatic rings. The summed E-state index contributed by atoms with van der Waals surface area (Å²) in [5, 5.41) is 3.82. The Bertz CT molecular complexity index is 922. The van der Waals surface area contributed by atoms with E-state index in [1.165, 1.54) is 12.4 Å². The van der Waals surface area contributed by atoms with E-state index in [4.69, 9.17) is 9.26 Å². The number of carbonyl (C=O) groups excluding carboxylic acids is 1. The van der Waals surface area contributed by atoms with Gasteiger partial charge < -0.3 is 19.1 Å². The summed E-state index contributed by atoms with van der Waals surface area (Å²) in [6.45, 7) is 2.56. The van der Waals surface area contributed by atoms with Crippen molar-refractivity contribution in [2.24, 2.45) is 0 Å². The molecule has 1 aliphatic heterocycles. The second kappa shape index (κ2) is 7.40. The maximum absolute atomic E-state index is 12.6. The number of amides is 1. The number of piperazine rings is 1. The van der Waals surface area contributed by atoms with Gasteiger partial charge in [-0.25, -0.2) is 4.98 Å². The molecule has 138 valence electrons. The van der Waals surface area contributed by atoms with Gasteiger partial charge in [0.15, 0.2) is 0 Å². The fourth-order valence-electron chi connectivity index (χ4n) is 2.94. The number of methoxy groups -OCH3 is 1. The molecule has 2 aromatic heterocycles. The third kappa shape index (κ3) is 3.57. The molecule has 0 unspecified atom stereocenters. The summed E-state index contributed by atoms with van der Waals surface area (Å²) in [6, 6.07) is 7.89. The van der Waals surface area contributed by atoms with Gasteiger partial charge in [0.25, 0.3) is 0 Å². The van der Waals surface area contributed by atoms with E-state index in [2.05, 4.69) is 25.0 Å². The molecule has 1 aromatic carbocycles. The number of carbonyl (C=O) groups is 1. The molecule has 9 heteroatoms. The van der Waals surface area contributed by atoms with Crippen molar-refractivity contribution in [1.29, 1.82) is 0 Å². The Kier molecular flexibility index (Phi) is 4.65. The summed E-state index contributed by atoms with van der Waals surface area (Å²) in [6.07, 6.45) is 4.61. The molecule has 4 rings (SSSR count). The van der Waals surface area contributed by atoms with Crippen LogP contribution in [0.1, 0.15) is 10.7 Å². The molecule has 0 aliphatic carbocycles. The van der Waals surface area contributed by atoms with Gasteiger partial charge in [-0.1, -0.05) is 11.2 Å². The highest BCUT2D eigenvalue weighted by molar-refractivity contribution is 5.90. The van der Waals surface area contributed by atoms with Gasteiger partial charge in [-0.2, -0.15) is 4.98 Å². The van der Waals surface area contributed by atoms with Gasteiger partial charge >= 0.3 is 11.8 Å². The smallest absolute Gasteiger partial charge is 0.316 e. The van der Waals surface area contributed by atoms with Crippen LogP contribution in [0.3, 0.4) is 0 Å². The zero-order valence-electron chi connectivity index (χ0n) is 14.8. The summed E-state index contributed by atoms with van der Waals surface area (Å²) >= 11 is 0. The largest absolute Gasteiger partial charge is 0.497 e. The summed E-state index contributed by atoms with van der Waals surface area (Å²) < 4.78 is 10.4. The highest BCUT2D eigenvalue weighted by Crippen LogP contribution is 2.22. The van der Waals surface area contributed by atoms with E-state index in [-0.39, 0.29) is 17.6 Å². The van der Waals surface area contributed by atoms with Gasteiger partial charge in [-0.05, 0) is 12.1 Å². The molecule has 0 atom stereocenters. The van der Waals surface area contributed by atoms with Crippen LogP contribution in [0.2, 0.25) is 0 Å². The van der Waals surface area contributed by atoms with Crippen molar-refractivity contribution in [2.45, 2.75) is 0 Å². The van der Waals surface area contributed by atoms with Crippen molar-refractivity contribution >= 4 is 11.6 Å². The second-order valence-electron chi connectivity index (χ2n) is 5.99. The second-order valence-corrected chi connectivity index (χ2v) is 5.99. The summed E-state index contributed by atoms with van der Waals surface area (Å²) in [5.41, 5.74) is 1.53. The lowest BCUT2D eigenvalue weighted by Gasteiger charge is -2.35. The van der Waals surface area contributed by atoms with Crippen LogP contribution in [0.4, 0.5) is 5.69 Å². The lowest BCUT2D eigenvalue weighted by Crippen LogP contribution is -2.48. The van der Waals surface area contributed by atoms with E-state index in [9.17, 15) is 4.79 Å². The minimum Gasteiger partial charge on any atom is -0.497 e. The van der Waals surface area contributed by atoms with E-state index >= 15 is 0 Å². The zero-order valence-corrected chi connectivity index (χ0v) is 14.8. The van der Waals surface area contributed by atoms with Crippen molar-refractivity contribution in [2.75, 3.05) is 38.2 Å². The van der Waals surface area contributed by atoms with Gasteiger partial charge in [-0.15, -0.1) is 0 Å². The summed E-state index contributed by atoms with van der Waals surface area (Å²) in [7, 11) is 1.65. The van der Waals surface area contributed by atoms with Gasteiger partial charge in [0, 0.05) is 50.3 Å². The third-order valence-electron chi connectivity index (χ3n) is 4.39. The first-order chi connectivity index (χ1) is 13.2. The molecule has 0 spiro atoms. The van der Waals surface area contributed by atoms with E-state index in [0.29, 0.717) is 31.9 Å². The molecule has 9 nitrogen and oxygen atoms in total. The number of benzene rings is 1. The van der Waals surface area contributed by atoms with Gasteiger partial charge in [0.05, 0.1) is 13.3 Å². The Morgan fingerprint density at radius 2 is 2.04 bits per heavy atom. The molecular formula is C18H18N6O3. The number of anilines is 1. The van der Waals surface area contributed by atoms with Crippen LogP contribution in [0.5, 0.6) is 5.75 Å². The lowest BCUT2D eigenvalue weighted by atomic mass is 10.2. The molecule has 1 saturated heterocycles. The van der Waals surface area contributed by atoms with Crippen LogP contribution in [-0.4, -0.2) is 64.2 Å². The molecule has 0 radical (unpaired) electrons. The van der Waals surface area contributed by atoms with Crippen LogP contribution >= 0.6 is 0 Å². The van der Waals surface area contributed by atoms with Crippen molar-refractivity contribution in [3.05, 3.63) is 48.7 Å². The number of hydrogen-bond donors (Lipinski definition) is 0. The van der Waals surface area contributed by atoms with Gasteiger partial charge in [-0.3, -0.25) is 9.78 Å². The Labute approximate surface area is 155 Å².